The van der Waals surface area contributed by atoms with Crippen LogP contribution in [0.15, 0.2) is 42.6 Å². The molecule has 0 unspecified atom stereocenters. The Morgan fingerprint density at radius 2 is 1.78 bits per heavy atom. The largest absolute Gasteiger partial charge is 0.416 e. The third kappa shape index (κ3) is 3.04. The van der Waals surface area contributed by atoms with Crippen LogP contribution in [-0.4, -0.2) is 9.61 Å². The van der Waals surface area contributed by atoms with Gasteiger partial charge in [-0.05, 0) is 58.0 Å². The van der Waals surface area contributed by atoms with Crippen LogP contribution >= 0.6 is 22.6 Å². The Morgan fingerprint density at radius 1 is 1.04 bits per heavy atom. The van der Waals surface area contributed by atoms with Gasteiger partial charge in [-0.15, -0.1) is 0 Å². The van der Waals surface area contributed by atoms with Crippen molar-refractivity contribution >= 4 is 28.1 Å². The van der Waals surface area contributed by atoms with E-state index in [4.69, 9.17) is 0 Å². The maximum absolute atomic E-state index is 13.2. The molecule has 0 radical (unpaired) electrons. The minimum atomic E-state index is -4.49. The third-order valence-corrected chi connectivity index (χ3v) is 4.18. The summed E-state index contributed by atoms with van der Waals surface area (Å²) in [6.45, 7) is 0. The first-order valence-electron chi connectivity index (χ1n) is 6.40. The summed E-state index contributed by atoms with van der Waals surface area (Å²) in [4.78, 5) is 0. The molecular weight excluding hydrogens is 430 g/mol. The molecular formula is C15H8F5IN2. The van der Waals surface area contributed by atoms with E-state index in [1.165, 1.54) is 18.3 Å². The molecule has 2 heterocycles. The van der Waals surface area contributed by atoms with Crippen LogP contribution in [-0.2, 0) is 6.18 Å². The summed E-state index contributed by atoms with van der Waals surface area (Å²) in [5.74, 6) is 0. The molecule has 120 valence electrons. The lowest BCUT2D eigenvalue weighted by atomic mass is 10.0. The second-order valence-corrected chi connectivity index (χ2v) is 6.00. The average Bonchev–Trinajstić information content (AvgIpc) is 2.87. The first-order chi connectivity index (χ1) is 10.8. The molecule has 0 atom stereocenters. The number of alkyl halides is 5. The van der Waals surface area contributed by atoms with Gasteiger partial charge in [0.15, 0.2) is 0 Å². The first-order valence-corrected chi connectivity index (χ1v) is 7.48. The van der Waals surface area contributed by atoms with Crippen LogP contribution < -0.4 is 0 Å². The zero-order valence-corrected chi connectivity index (χ0v) is 13.4. The Balaban J connectivity index is 2.22. The Labute approximate surface area is 141 Å². The molecule has 0 N–H and O–H groups in total. The van der Waals surface area contributed by atoms with Gasteiger partial charge >= 0.3 is 6.18 Å². The van der Waals surface area contributed by atoms with Gasteiger partial charge in [0.05, 0.1) is 20.8 Å². The highest BCUT2D eigenvalue weighted by molar-refractivity contribution is 14.1. The second kappa shape index (κ2) is 5.73. The van der Waals surface area contributed by atoms with Gasteiger partial charge in [0.2, 0.25) is 0 Å². The van der Waals surface area contributed by atoms with Crippen molar-refractivity contribution in [3.63, 3.8) is 0 Å². The molecule has 0 saturated heterocycles. The van der Waals surface area contributed by atoms with Crippen molar-refractivity contribution in [3.05, 3.63) is 57.4 Å². The molecule has 0 fully saturated rings. The Kier molecular flexibility index (Phi) is 4.03. The third-order valence-electron chi connectivity index (χ3n) is 3.35. The monoisotopic (exact) mass is 438 g/mol. The summed E-state index contributed by atoms with van der Waals surface area (Å²) in [7, 11) is 0. The van der Waals surface area contributed by atoms with Gasteiger partial charge in [0.1, 0.15) is 5.69 Å². The van der Waals surface area contributed by atoms with Gasteiger partial charge in [-0.1, -0.05) is 12.1 Å². The van der Waals surface area contributed by atoms with E-state index in [0.29, 0.717) is 9.09 Å². The second-order valence-electron chi connectivity index (χ2n) is 4.84. The summed E-state index contributed by atoms with van der Waals surface area (Å²) in [5.41, 5.74) is -0.246. The van der Waals surface area contributed by atoms with Gasteiger partial charge < -0.3 is 0 Å². The van der Waals surface area contributed by atoms with E-state index in [1.54, 1.807) is 6.07 Å². The number of hydrogen-bond acceptors (Lipinski definition) is 1. The summed E-state index contributed by atoms with van der Waals surface area (Å²) in [6, 6.07) is 7.32. The van der Waals surface area contributed by atoms with Gasteiger partial charge in [-0.25, -0.2) is 13.3 Å². The maximum atomic E-state index is 13.2. The quantitative estimate of drug-likeness (QED) is 0.378. The van der Waals surface area contributed by atoms with Gasteiger partial charge in [0, 0.05) is 0 Å². The maximum Gasteiger partial charge on any atom is 0.416 e. The number of halogens is 6. The molecule has 0 saturated carbocycles. The van der Waals surface area contributed by atoms with Crippen LogP contribution in [0.2, 0.25) is 0 Å². The molecule has 0 aliphatic carbocycles. The van der Waals surface area contributed by atoms with Crippen molar-refractivity contribution in [2.24, 2.45) is 0 Å². The highest BCUT2D eigenvalue weighted by atomic mass is 127. The lowest BCUT2D eigenvalue weighted by molar-refractivity contribution is -0.137. The van der Waals surface area contributed by atoms with Gasteiger partial charge in [0.25, 0.3) is 6.43 Å². The number of aromatic nitrogens is 2. The number of nitrogens with zero attached hydrogens (tertiary/aromatic N) is 2. The summed E-state index contributed by atoms with van der Waals surface area (Å²) < 4.78 is 66.7. The Bertz CT molecular complexity index is 870. The number of hydrogen-bond donors (Lipinski definition) is 0. The van der Waals surface area contributed by atoms with Crippen molar-refractivity contribution < 1.29 is 22.0 Å². The van der Waals surface area contributed by atoms with Gasteiger partial charge in [-0.2, -0.15) is 18.3 Å². The molecule has 2 aromatic heterocycles. The molecule has 3 aromatic rings. The smallest absolute Gasteiger partial charge is 0.231 e. The van der Waals surface area contributed by atoms with Gasteiger partial charge in [-0.3, -0.25) is 0 Å². The Morgan fingerprint density at radius 3 is 2.43 bits per heavy atom. The Hall–Kier alpha value is -1.71. The molecule has 0 aliphatic heterocycles. The predicted molar refractivity (Wildman–Crippen MR) is 83.3 cm³/mol. The molecule has 0 spiro atoms. The summed E-state index contributed by atoms with van der Waals surface area (Å²) in [6.07, 6.45) is -5.85. The van der Waals surface area contributed by atoms with Crippen LogP contribution in [0.5, 0.6) is 0 Å². The number of benzene rings is 1. The molecule has 0 amide bonds. The van der Waals surface area contributed by atoms with E-state index in [-0.39, 0.29) is 16.8 Å². The summed E-state index contributed by atoms with van der Waals surface area (Å²) >= 11 is 1.94. The standard InChI is InChI=1S/C15H8F5IN2/c16-14(17)13-6-9(5-12-11(21)7-22-23(12)13)8-2-1-3-10(4-8)15(18,19)20/h1-7,14H. The van der Waals surface area contributed by atoms with Crippen LogP contribution in [0.3, 0.4) is 0 Å². The lowest BCUT2D eigenvalue weighted by Gasteiger charge is -2.11. The molecule has 1 aromatic carbocycles. The average molecular weight is 438 g/mol. The van der Waals surface area contributed by atoms with Crippen molar-refractivity contribution in [3.8, 4) is 11.1 Å². The predicted octanol–water partition coefficient (Wildman–Crippen LogP) is 5.56. The molecule has 2 nitrogen and oxygen atoms in total. The SMILES string of the molecule is FC(F)c1cc(-c2cccc(C(F)(F)F)c2)cc2c(I)cnn12. The van der Waals surface area contributed by atoms with E-state index in [0.717, 1.165) is 22.7 Å². The highest BCUT2D eigenvalue weighted by Gasteiger charge is 2.30. The van der Waals surface area contributed by atoms with E-state index in [1.807, 2.05) is 22.6 Å². The molecule has 0 aliphatic rings. The number of fused-ring (bicyclic) bond motifs is 1. The van der Waals surface area contributed by atoms with Crippen LogP contribution in [0.4, 0.5) is 22.0 Å². The first kappa shape index (κ1) is 16.2. The number of pyridine rings is 1. The van der Waals surface area contributed by atoms with Crippen LogP contribution in [0, 0.1) is 3.57 Å². The fraction of sp³-hybridized carbons (Fsp3) is 0.133. The number of rotatable bonds is 2. The van der Waals surface area contributed by atoms with E-state index in [9.17, 15) is 22.0 Å². The minimum Gasteiger partial charge on any atom is -0.231 e. The summed E-state index contributed by atoms with van der Waals surface area (Å²) in [5, 5.41) is 3.88. The molecule has 8 heteroatoms. The fourth-order valence-corrected chi connectivity index (χ4v) is 2.79. The highest BCUT2D eigenvalue weighted by Crippen LogP contribution is 2.34. The minimum absolute atomic E-state index is 0.223. The lowest BCUT2D eigenvalue weighted by Crippen LogP contribution is -2.05. The van der Waals surface area contributed by atoms with E-state index >= 15 is 0 Å². The zero-order valence-electron chi connectivity index (χ0n) is 11.3. The molecule has 3 rings (SSSR count). The fourth-order valence-electron chi connectivity index (χ4n) is 2.28. The normalized spacial score (nSPS) is 12.3. The van der Waals surface area contributed by atoms with Crippen LogP contribution in [0.25, 0.3) is 16.6 Å². The molecule has 23 heavy (non-hydrogen) atoms. The van der Waals surface area contributed by atoms with Crippen molar-refractivity contribution in [2.75, 3.05) is 0 Å². The molecule has 0 bridgehead atoms. The zero-order chi connectivity index (χ0) is 16.8. The van der Waals surface area contributed by atoms with Crippen molar-refractivity contribution in [2.45, 2.75) is 12.6 Å². The van der Waals surface area contributed by atoms with E-state index in [2.05, 4.69) is 5.10 Å². The van der Waals surface area contributed by atoms with E-state index < -0.39 is 18.2 Å². The van der Waals surface area contributed by atoms with Crippen molar-refractivity contribution in [1.82, 2.24) is 9.61 Å². The van der Waals surface area contributed by atoms with Crippen molar-refractivity contribution in [1.29, 1.82) is 0 Å². The van der Waals surface area contributed by atoms with Crippen LogP contribution in [0.1, 0.15) is 17.7 Å². The topological polar surface area (TPSA) is 17.3 Å².